The fourth-order valence-corrected chi connectivity index (χ4v) is 2.03. The molecule has 2 rings (SSSR count). The van der Waals surface area contributed by atoms with Gasteiger partial charge in [0.25, 0.3) is 0 Å². The van der Waals surface area contributed by atoms with Gasteiger partial charge >= 0.3 is 0 Å². The lowest BCUT2D eigenvalue weighted by atomic mass is 9.86. The van der Waals surface area contributed by atoms with Crippen molar-refractivity contribution in [3.8, 4) is 0 Å². The molecule has 0 spiro atoms. The van der Waals surface area contributed by atoms with Crippen molar-refractivity contribution in [3.63, 3.8) is 0 Å². The summed E-state index contributed by atoms with van der Waals surface area (Å²) >= 11 is 0. The second-order valence-electron chi connectivity index (χ2n) is 3.43. The molecule has 0 amide bonds. The van der Waals surface area contributed by atoms with Crippen LogP contribution in [0.4, 0.5) is 0 Å². The van der Waals surface area contributed by atoms with E-state index in [4.69, 9.17) is 5.11 Å². The molecule has 0 aromatic carbocycles. The Balaban J connectivity index is 0.000000500. The molecular weight excluding hydrogens is 150 g/mol. The first-order valence-corrected chi connectivity index (χ1v) is 3.68. The summed E-state index contributed by atoms with van der Waals surface area (Å²) in [5.41, 5.74) is 0.333. The van der Waals surface area contributed by atoms with E-state index in [-0.39, 0.29) is 12.4 Å². The Morgan fingerprint density at radius 1 is 1.30 bits per heavy atom. The minimum absolute atomic E-state index is 0. The number of hydrogen-bond donors (Lipinski definition) is 1. The zero-order valence-corrected chi connectivity index (χ0v) is 6.86. The van der Waals surface area contributed by atoms with E-state index >= 15 is 0 Å². The van der Waals surface area contributed by atoms with Gasteiger partial charge in [-0.2, -0.15) is 0 Å². The Morgan fingerprint density at radius 3 is 2.10 bits per heavy atom. The molecule has 2 bridgehead atoms. The van der Waals surface area contributed by atoms with E-state index in [0.717, 1.165) is 6.54 Å². The minimum Gasteiger partial charge on any atom is -0.396 e. The van der Waals surface area contributed by atoms with E-state index < -0.39 is 0 Å². The first kappa shape index (κ1) is 8.31. The molecule has 1 N–H and O–H groups in total. The average Bonchev–Trinajstić information content (AvgIpc) is 2.46. The minimum atomic E-state index is 0. The van der Waals surface area contributed by atoms with Crippen LogP contribution < -0.4 is 0 Å². The van der Waals surface area contributed by atoms with Gasteiger partial charge < -0.3 is 10.0 Å². The smallest absolute Gasteiger partial charge is 0.0500 e. The average molecular weight is 164 g/mol. The molecule has 3 heteroatoms. The van der Waals surface area contributed by atoms with E-state index in [9.17, 15) is 0 Å². The molecule has 0 atom stereocenters. The highest BCUT2D eigenvalue weighted by Crippen LogP contribution is 2.39. The largest absolute Gasteiger partial charge is 0.396 e. The van der Waals surface area contributed by atoms with E-state index in [2.05, 4.69) is 4.90 Å². The zero-order chi connectivity index (χ0) is 6.32. The molecule has 60 valence electrons. The molecule has 2 heterocycles. The number of halogens is 1. The van der Waals surface area contributed by atoms with Crippen molar-refractivity contribution in [1.82, 2.24) is 4.90 Å². The molecule has 0 aliphatic carbocycles. The molecule has 0 unspecified atom stereocenters. The van der Waals surface area contributed by atoms with Crippen LogP contribution in [0, 0.1) is 5.41 Å². The van der Waals surface area contributed by atoms with Crippen LogP contribution in [0.25, 0.3) is 0 Å². The van der Waals surface area contributed by atoms with Crippen LogP contribution in [0.2, 0.25) is 0 Å². The summed E-state index contributed by atoms with van der Waals surface area (Å²) in [6.07, 6.45) is 2.45. The first-order valence-electron chi connectivity index (χ1n) is 3.68. The molecule has 2 saturated heterocycles. The second-order valence-corrected chi connectivity index (χ2v) is 3.43. The lowest BCUT2D eigenvalue weighted by Gasteiger charge is -2.21. The van der Waals surface area contributed by atoms with E-state index in [1.54, 1.807) is 0 Å². The van der Waals surface area contributed by atoms with Crippen LogP contribution in [-0.2, 0) is 0 Å². The normalized spacial score (nSPS) is 43.5. The maximum Gasteiger partial charge on any atom is 0.0500 e. The highest BCUT2D eigenvalue weighted by molar-refractivity contribution is 5.85. The third kappa shape index (κ3) is 1.04. The van der Waals surface area contributed by atoms with Crippen LogP contribution in [0.3, 0.4) is 0 Å². The van der Waals surface area contributed by atoms with Gasteiger partial charge in [-0.3, -0.25) is 0 Å². The summed E-state index contributed by atoms with van der Waals surface area (Å²) < 4.78 is 0. The van der Waals surface area contributed by atoms with Crippen molar-refractivity contribution in [2.75, 3.05) is 26.2 Å². The van der Waals surface area contributed by atoms with Gasteiger partial charge in [0.15, 0.2) is 0 Å². The molecule has 0 saturated carbocycles. The van der Waals surface area contributed by atoms with Crippen molar-refractivity contribution in [1.29, 1.82) is 0 Å². The quantitative estimate of drug-likeness (QED) is 0.609. The van der Waals surface area contributed by atoms with Crippen LogP contribution in [-0.4, -0.2) is 36.2 Å². The summed E-state index contributed by atoms with van der Waals surface area (Å²) in [5, 5.41) is 9.02. The Labute approximate surface area is 67.6 Å². The number of rotatable bonds is 1. The molecule has 10 heavy (non-hydrogen) atoms. The molecule has 2 nitrogen and oxygen atoms in total. The summed E-state index contributed by atoms with van der Waals surface area (Å²) in [5.74, 6) is 0. The van der Waals surface area contributed by atoms with Gasteiger partial charge in [0.2, 0.25) is 0 Å². The van der Waals surface area contributed by atoms with Crippen LogP contribution in [0.1, 0.15) is 12.8 Å². The Kier molecular flexibility index (Phi) is 2.23. The molecule has 0 aromatic heterocycles. The van der Waals surface area contributed by atoms with Gasteiger partial charge in [0, 0.05) is 12.0 Å². The van der Waals surface area contributed by atoms with Crippen molar-refractivity contribution in [3.05, 3.63) is 0 Å². The van der Waals surface area contributed by atoms with Gasteiger partial charge in [0.05, 0.1) is 6.61 Å². The van der Waals surface area contributed by atoms with E-state index in [1.165, 1.54) is 25.9 Å². The molecule has 2 aliphatic heterocycles. The lowest BCUT2D eigenvalue weighted by molar-refractivity contribution is 0.148. The van der Waals surface area contributed by atoms with E-state index in [0.29, 0.717) is 12.0 Å². The van der Waals surface area contributed by atoms with Crippen molar-refractivity contribution < 1.29 is 5.11 Å². The maximum absolute atomic E-state index is 9.02. The number of hydrogen-bond acceptors (Lipinski definition) is 2. The van der Waals surface area contributed by atoms with Crippen molar-refractivity contribution in [2.45, 2.75) is 12.8 Å². The van der Waals surface area contributed by atoms with Gasteiger partial charge in [-0.05, 0) is 25.9 Å². The number of fused-ring (bicyclic) bond motifs is 2. The lowest BCUT2D eigenvalue weighted by Crippen LogP contribution is -2.23. The third-order valence-corrected chi connectivity index (χ3v) is 2.81. The number of nitrogens with zero attached hydrogens (tertiary/aromatic N) is 1. The van der Waals surface area contributed by atoms with Crippen molar-refractivity contribution >= 4 is 12.4 Å². The topological polar surface area (TPSA) is 23.5 Å². The molecule has 2 aliphatic rings. The Morgan fingerprint density at radius 2 is 1.90 bits per heavy atom. The molecule has 2 fully saturated rings. The van der Waals surface area contributed by atoms with Gasteiger partial charge in [0.1, 0.15) is 0 Å². The van der Waals surface area contributed by atoms with Gasteiger partial charge in [-0.25, -0.2) is 0 Å². The third-order valence-electron chi connectivity index (χ3n) is 2.81. The highest BCUT2D eigenvalue weighted by Gasteiger charge is 2.42. The predicted molar refractivity (Wildman–Crippen MR) is 42.4 cm³/mol. The van der Waals surface area contributed by atoms with Crippen molar-refractivity contribution in [2.24, 2.45) is 5.41 Å². The molecular formula is C7H14ClNO. The predicted octanol–water partition coefficient (Wildman–Crippen LogP) is 0.496. The summed E-state index contributed by atoms with van der Waals surface area (Å²) in [6.45, 7) is 4.01. The van der Waals surface area contributed by atoms with Crippen LogP contribution in [0.15, 0.2) is 0 Å². The molecule has 0 aromatic rings. The summed E-state index contributed by atoms with van der Waals surface area (Å²) in [4.78, 5) is 2.44. The summed E-state index contributed by atoms with van der Waals surface area (Å²) in [7, 11) is 0. The Bertz CT molecular complexity index is 121. The van der Waals surface area contributed by atoms with Gasteiger partial charge in [-0.15, -0.1) is 12.4 Å². The molecule has 0 radical (unpaired) electrons. The number of aliphatic hydroxyl groups is 1. The SMILES string of the molecule is Cl.OCC12CCN(CC1)C2. The maximum atomic E-state index is 9.02. The summed E-state index contributed by atoms with van der Waals surface area (Å²) in [6, 6.07) is 0. The fraction of sp³-hybridized carbons (Fsp3) is 1.00. The zero-order valence-electron chi connectivity index (χ0n) is 6.05. The number of piperidine rings is 1. The van der Waals surface area contributed by atoms with Crippen LogP contribution >= 0.6 is 12.4 Å². The standard InChI is InChI=1S/C7H13NO.ClH/c9-6-7-1-3-8(5-7)4-2-7;/h9H,1-6H2;1H. The van der Waals surface area contributed by atoms with Crippen LogP contribution in [0.5, 0.6) is 0 Å². The fourth-order valence-electron chi connectivity index (χ4n) is 2.03. The Hall–Kier alpha value is 0.210. The van der Waals surface area contributed by atoms with Gasteiger partial charge in [-0.1, -0.05) is 0 Å². The first-order chi connectivity index (χ1) is 4.35. The second kappa shape index (κ2) is 2.68. The highest BCUT2D eigenvalue weighted by atomic mass is 35.5. The number of aliphatic hydroxyl groups excluding tert-OH is 1. The monoisotopic (exact) mass is 163 g/mol. The van der Waals surface area contributed by atoms with E-state index in [1.807, 2.05) is 0 Å².